The highest BCUT2D eigenvalue weighted by Crippen LogP contribution is 2.34. The number of rotatable bonds is 6. The average molecular weight is 381 g/mol. The second-order valence-electron chi connectivity index (χ2n) is 6.04. The molecule has 0 radical (unpaired) electrons. The van der Waals surface area contributed by atoms with Crippen LogP contribution in [0.1, 0.15) is 5.69 Å². The van der Waals surface area contributed by atoms with Gasteiger partial charge in [0.15, 0.2) is 17.3 Å². The number of aromatic nitrogens is 4. The van der Waals surface area contributed by atoms with Gasteiger partial charge in [-0.2, -0.15) is 5.10 Å². The van der Waals surface area contributed by atoms with E-state index in [4.69, 9.17) is 9.47 Å². The molecule has 3 N–H and O–H groups in total. The van der Waals surface area contributed by atoms with Gasteiger partial charge in [0.2, 0.25) is 6.79 Å². The monoisotopic (exact) mass is 381 g/mol. The first-order valence-corrected chi connectivity index (χ1v) is 8.70. The topological polar surface area (TPSA) is 115 Å². The summed E-state index contributed by atoms with van der Waals surface area (Å²) >= 11 is 0. The Labute approximate surface area is 160 Å². The van der Waals surface area contributed by atoms with Crippen LogP contribution in [0.15, 0.2) is 42.9 Å². The van der Waals surface area contributed by atoms with E-state index in [1.165, 1.54) is 6.33 Å². The van der Waals surface area contributed by atoms with E-state index in [-0.39, 0.29) is 12.8 Å². The number of benzene rings is 1. The van der Waals surface area contributed by atoms with Crippen LogP contribution in [-0.4, -0.2) is 45.7 Å². The maximum Gasteiger partial charge on any atom is 0.319 e. The Kier molecular flexibility index (Phi) is 4.91. The molecule has 2 aromatic heterocycles. The molecule has 0 fully saturated rings. The van der Waals surface area contributed by atoms with Crippen molar-refractivity contribution in [3.63, 3.8) is 0 Å². The van der Waals surface area contributed by atoms with Gasteiger partial charge in [0.1, 0.15) is 12.1 Å². The molecule has 4 rings (SSSR count). The van der Waals surface area contributed by atoms with Gasteiger partial charge in [-0.15, -0.1) is 0 Å². The highest BCUT2D eigenvalue weighted by atomic mass is 16.7. The molecule has 0 spiro atoms. The zero-order valence-electron chi connectivity index (χ0n) is 15.2. The molecule has 1 aromatic carbocycles. The van der Waals surface area contributed by atoms with Gasteiger partial charge in [-0.05, 0) is 25.1 Å². The van der Waals surface area contributed by atoms with E-state index in [1.807, 2.05) is 19.2 Å². The number of anilines is 2. The van der Waals surface area contributed by atoms with Gasteiger partial charge < -0.3 is 25.4 Å². The van der Waals surface area contributed by atoms with Crippen LogP contribution in [0, 0.1) is 6.92 Å². The molecule has 0 atom stereocenters. The molecule has 1 aliphatic rings. The number of hydrogen-bond donors (Lipinski definition) is 3. The quantitative estimate of drug-likeness (QED) is 0.559. The third-order valence-corrected chi connectivity index (χ3v) is 3.96. The highest BCUT2D eigenvalue weighted by Gasteiger charge is 2.14. The maximum atomic E-state index is 12.0. The van der Waals surface area contributed by atoms with Gasteiger partial charge in [-0.3, -0.25) is 0 Å². The molecule has 0 aliphatic carbocycles. The van der Waals surface area contributed by atoms with Crippen molar-refractivity contribution in [2.24, 2.45) is 0 Å². The van der Waals surface area contributed by atoms with Crippen LogP contribution < -0.4 is 25.4 Å². The normalized spacial score (nSPS) is 11.9. The van der Waals surface area contributed by atoms with Crippen molar-refractivity contribution in [2.75, 3.05) is 30.5 Å². The number of carbonyl (C=O) groups is 1. The number of carbonyl (C=O) groups excluding carboxylic acids is 1. The van der Waals surface area contributed by atoms with E-state index < -0.39 is 0 Å². The van der Waals surface area contributed by atoms with E-state index in [0.29, 0.717) is 41.9 Å². The minimum atomic E-state index is -0.309. The van der Waals surface area contributed by atoms with E-state index in [1.54, 1.807) is 28.9 Å². The van der Waals surface area contributed by atoms with Gasteiger partial charge in [0.25, 0.3) is 0 Å². The summed E-state index contributed by atoms with van der Waals surface area (Å²) < 4.78 is 12.2. The molecule has 3 heterocycles. The molecule has 144 valence electrons. The SMILES string of the molecule is Cc1ccn(-c2cc(NCCNC(=O)Nc3ccc4c(c3)OCO4)ncn2)n1. The lowest BCUT2D eigenvalue weighted by molar-refractivity contribution is 0.174. The van der Waals surface area contributed by atoms with Crippen LogP contribution in [0.2, 0.25) is 0 Å². The van der Waals surface area contributed by atoms with Crippen LogP contribution in [-0.2, 0) is 0 Å². The molecule has 10 nitrogen and oxygen atoms in total. The van der Waals surface area contributed by atoms with Crippen molar-refractivity contribution >= 4 is 17.5 Å². The van der Waals surface area contributed by atoms with Crippen LogP contribution >= 0.6 is 0 Å². The fraction of sp³-hybridized carbons (Fsp3) is 0.222. The molecular formula is C18H19N7O3. The predicted molar refractivity (Wildman–Crippen MR) is 102 cm³/mol. The van der Waals surface area contributed by atoms with Crippen LogP contribution in [0.5, 0.6) is 11.5 Å². The third-order valence-electron chi connectivity index (χ3n) is 3.96. The zero-order chi connectivity index (χ0) is 19.3. The minimum absolute atomic E-state index is 0.196. The number of urea groups is 1. The van der Waals surface area contributed by atoms with Crippen molar-refractivity contribution in [3.8, 4) is 17.3 Å². The van der Waals surface area contributed by atoms with Crippen molar-refractivity contribution < 1.29 is 14.3 Å². The van der Waals surface area contributed by atoms with Gasteiger partial charge in [-0.1, -0.05) is 0 Å². The second kappa shape index (κ2) is 7.82. The van der Waals surface area contributed by atoms with Gasteiger partial charge in [0.05, 0.1) is 5.69 Å². The van der Waals surface area contributed by atoms with Gasteiger partial charge >= 0.3 is 6.03 Å². The molecule has 0 bridgehead atoms. The number of nitrogens with one attached hydrogen (secondary N) is 3. The molecule has 3 aromatic rings. The van der Waals surface area contributed by atoms with E-state index >= 15 is 0 Å². The predicted octanol–water partition coefficient (Wildman–Crippen LogP) is 1.93. The van der Waals surface area contributed by atoms with Gasteiger partial charge in [-0.25, -0.2) is 19.4 Å². The summed E-state index contributed by atoms with van der Waals surface area (Å²) in [5.41, 5.74) is 1.54. The summed E-state index contributed by atoms with van der Waals surface area (Å²) in [5, 5.41) is 13.0. The average Bonchev–Trinajstić information content (AvgIpc) is 3.34. The van der Waals surface area contributed by atoms with Crippen LogP contribution in [0.3, 0.4) is 0 Å². The molecular weight excluding hydrogens is 362 g/mol. The van der Waals surface area contributed by atoms with E-state index in [9.17, 15) is 4.79 Å². The Hall–Kier alpha value is -3.82. The number of nitrogens with zero attached hydrogens (tertiary/aromatic N) is 4. The van der Waals surface area contributed by atoms with Crippen LogP contribution in [0.25, 0.3) is 5.82 Å². The lowest BCUT2D eigenvalue weighted by Crippen LogP contribution is -2.32. The largest absolute Gasteiger partial charge is 0.454 e. The molecule has 0 saturated heterocycles. The number of aryl methyl sites for hydroxylation is 1. The zero-order valence-corrected chi connectivity index (χ0v) is 15.2. The van der Waals surface area contributed by atoms with Crippen molar-refractivity contribution in [1.82, 2.24) is 25.1 Å². The number of amides is 2. The highest BCUT2D eigenvalue weighted by molar-refractivity contribution is 5.89. The Morgan fingerprint density at radius 2 is 2.04 bits per heavy atom. The molecule has 0 unspecified atom stereocenters. The summed E-state index contributed by atoms with van der Waals surface area (Å²) in [6, 6.07) is 8.62. The summed E-state index contributed by atoms with van der Waals surface area (Å²) in [6.45, 7) is 3.03. The van der Waals surface area contributed by atoms with Crippen molar-refractivity contribution in [2.45, 2.75) is 6.92 Å². The van der Waals surface area contributed by atoms with Gasteiger partial charge in [0, 0.05) is 37.1 Å². The standard InChI is InChI=1S/C18H19N7O3/c1-12-4-7-25(24-12)17-9-16(21-10-22-17)19-5-6-20-18(26)23-13-2-3-14-15(8-13)28-11-27-14/h2-4,7-10H,5-6,11H2,1H3,(H,19,21,22)(H2,20,23,26). The first kappa shape index (κ1) is 17.6. The Bertz CT molecular complexity index is 989. The van der Waals surface area contributed by atoms with E-state index in [0.717, 1.165) is 5.69 Å². The smallest absolute Gasteiger partial charge is 0.319 e. The molecule has 10 heteroatoms. The summed E-state index contributed by atoms with van der Waals surface area (Å²) in [7, 11) is 0. The van der Waals surface area contributed by atoms with Crippen molar-refractivity contribution in [1.29, 1.82) is 0 Å². The fourth-order valence-electron chi connectivity index (χ4n) is 2.63. The number of fused-ring (bicyclic) bond motifs is 1. The maximum absolute atomic E-state index is 12.0. The number of hydrogen-bond acceptors (Lipinski definition) is 7. The fourth-order valence-corrected chi connectivity index (χ4v) is 2.63. The molecule has 1 aliphatic heterocycles. The lowest BCUT2D eigenvalue weighted by atomic mass is 10.3. The van der Waals surface area contributed by atoms with Crippen molar-refractivity contribution in [3.05, 3.63) is 48.5 Å². The van der Waals surface area contributed by atoms with E-state index in [2.05, 4.69) is 31.0 Å². The minimum Gasteiger partial charge on any atom is -0.454 e. The Morgan fingerprint density at radius 3 is 2.89 bits per heavy atom. The summed E-state index contributed by atoms with van der Waals surface area (Å²) in [5.74, 6) is 2.60. The Morgan fingerprint density at radius 1 is 1.14 bits per heavy atom. The summed E-state index contributed by atoms with van der Waals surface area (Å²) in [6.07, 6.45) is 3.30. The second-order valence-corrected chi connectivity index (χ2v) is 6.04. The first-order chi connectivity index (χ1) is 13.7. The molecule has 28 heavy (non-hydrogen) atoms. The Balaban J connectivity index is 1.24. The number of ether oxygens (including phenoxy) is 2. The first-order valence-electron chi connectivity index (χ1n) is 8.70. The third kappa shape index (κ3) is 4.11. The lowest BCUT2D eigenvalue weighted by Gasteiger charge is -2.10. The van der Waals surface area contributed by atoms with Crippen LogP contribution in [0.4, 0.5) is 16.3 Å². The molecule has 2 amide bonds. The molecule has 0 saturated carbocycles. The summed E-state index contributed by atoms with van der Waals surface area (Å²) in [4.78, 5) is 20.4.